The summed E-state index contributed by atoms with van der Waals surface area (Å²) in [5.41, 5.74) is 4.99. The maximum Gasteiger partial charge on any atom is 0.226 e. The standard InChI is InChI=1S/C34H30N4O5S2/c1-40-24-12-8-11-22(15-24)28-20-45-34(37-28)38-31(39)13-14-44-33-26(19-35)25(18-27(36-33)21-9-6-5-7-10-21)23-16-29(41-2)32(43-4)30(17-23)42-3/h5-12,15-18,20H,13-14H2,1-4H3,(H,37,38,39). The van der Waals surface area contributed by atoms with Crippen LogP contribution in [0.4, 0.5) is 5.13 Å². The number of aromatic nitrogens is 2. The van der Waals surface area contributed by atoms with E-state index in [9.17, 15) is 10.1 Å². The predicted molar refractivity (Wildman–Crippen MR) is 178 cm³/mol. The monoisotopic (exact) mass is 638 g/mol. The number of ether oxygens (including phenoxy) is 4. The Morgan fingerprint density at radius 3 is 2.24 bits per heavy atom. The van der Waals surface area contributed by atoms with E-state index in [4.69, 9.17) is 23.9 Å². The number of amides is 1. The lowest BCUT2D eigenvalue weighted by Crippen LogP contribution is -2.12. The molecule has 0 bridgehead atoms. The predicted octanol–water partition coefficient (Wildman–Crippen LogP) is 7.57. The molecule has 5 aromatic rings. The van der Waals surface area contributed by atoms with E-state index in [0.29, 0.717) is 55.5 Å². The molecule has 0 saturated heterocycles. The van der Waals surface area contributed by atoms with Crippen LogP contribution in [0.25, 0.3) is 33.6 Å². The van der Waals surface area contributed by atoms with Gasteiger partial charge in [-0.3, -0.25) is 4.79 Å². The first-order valence-corrected chi connectivity index (χ1v) is 15.7. The summed E-state index contributed by atoms with van der Waals surface area (Å²) in [6, 6.07) is 25.2. The molecule has 228 valence electrons. The SMILES string of the molecule is COc1cccc(-c2csc(NC(=O)CCSc3nc(-c4ccccc4)cc(-c4cc(OC)c(OC)c(OC)c4)c3C#N)n2)c1. The van der Waals surface area contributed by atoms with Gasteiger partial charge in [0.1, 0.15) is 16.8 Å². The molecule has 45 heavy (non-hydrogen) atoms. The summed E-state index contributed by atoms with van der Waals surface area (Å²) in [6.07, 6.45) is 0.195. The highest BCUT2D eigenvalue weighted by Gasteiger charge is 2.20. The maximum atomic E-state index is 12.9. The quantitative estimate of drug-likeness (QED) is 0.138. The smallest absolute Gasteiger partial charge is 0.226 e. The lowest BCUT2D eigenvalue weighted by molar-refractivity contribution is -0.115. The number of rotatable bonds is 12. The van der Waals surface area contributed by atoms with E-state index in [1.807, 2.05) is 78.2 Å². The molecule has 1 N–H and O–H groups in total. The van der Waals surface area contributed by atoms with E-state index in [1.165, 1.54) is 23.1 Å². The molecule has 0 radical (unpaired) electrons. The molecule has 0 aliphatic heterocycles. The summed E-state index contributed by atoms with van der Waals surface area (Å²) in [5.74, 6) is 2.34. The summed E-state index contributed by atoms with van der Waals surface area (Å²) in [7, 11) is 6.25. The second-order valence-corrected chi connectivity index (χ2v) is 11.5. The lowest BCUT2D eigenvalue weighted by Gasteiger charge is -2.16. The molecule has 1 amide bonds. The van der Waals surface area contributed by atoms with Crippen molar-refractivity contribution in [1.29, 1.82) is 5.26 Å². The van der Waals surface area contributed by atoms with E-state index >= 15 is 0 Å². The molecule has 0 spiro atoms. The number of carbonyl (C=O) groups is 1. The van der Waals surface area contributed by atoms with Crippen molar-refractivity contribution in [2.24, 2.45) is 0 Å². The second kappa shape index (κ2) is 14.6. The number of thiazole rings is 1. The Kier molecular flexibility index (Phi) is 10.2. The largest absolute Gasteiger partial charge is 0.497 e. The zero-order valence-corrected chi connectivity index (χ0v) is 26.8. The minimum absolute atomic E-state index is 0.184. The van der Waals surface area contributed by atoms with Crippen LogP contribution in [0.1, 0.15) is 12.0 Å². The molecular weight excluding hydrogens is 609 g/mol. The van der Waals surface area contributed by atoms with Gasteiger partial charge in [0.25, 0.3) is 0 Å². The van der Waals surface area contributed by atoms with Crippen LogP contribution >= 0.6 is 23.1 Å². The summed E-state index contributed by atoms with van der Waals surface area (Å²) in [5, 5.41) is 16.1. The minimum atomic E-state index is -0.184. The fourth-order valence-corrected chi connectivity index (χ4v) is 6.30. The summed E-state index contributed by atoms with van der Waals surface area (Å²) in [6.45, 7) is 0. The third kappa shape index (κ3) is 7.20. The number of nitrogens with zero attached hydrogens (tertiary/aromatic N) is 3. The van der Waals surface area contributed by atoms with Crippen LogP contribution in [0.3, 0.4) is 0 Å². The zero-order valence-electron chi connectivity index (χ0n) is 25.1. The molecule has 0 atom stereocenters. The molecule has 9 nitrogen and oxygen atoms in total. The summed E-state index contributed by atoms with van der Waals surface area (Å²) in [4.78, 5) is 22.3. The van der Waals surface area contributed by atoms with Crippen LogP contribution in [-0.2, 0) is 4.79 Å². The Morgan fingerprint density at radius 1 is 0.844 bits per heavy atom. The first-order valence-electron chi connectivity index (χ1n) is 13.8. The van der Waals surface area contributed by atoms with Gasteiger partial charge in [0.05, 0.1) is 45.4 Å². The molecule has 3 aromatic carbocycles. The average Bonchev–Trinajstić information content (AvgIpc) is 3.55. The van der Waals surface area contributed by atoms with Crippen molar-refractivity contribution in [3.63, 3.8) is 0 Å². The average molecular weight is 639 g/mol. The van der Waals surface area contributed by atoms with Gasteiger partial charge in [-0.2, -0.15) is 5.26 Å². The molecule has 11 heteroatoms. The van der Waals surface area contributed by atoms with Crippen LogP contribution in [0.15, 0.2) is 83.2 Å². The van der Waals surface area contributed by atoms with Crippen molar-refractivity contribution in [3.05, 3.63) is 83.7 Å². The fraction of sp³-hybridized carbons (Fsp3) is 0.176. The van der Waals surface area contributed by atoms with Gasteiger partial charge in [-0.1, -0.05) is 42.5 Å². The Bertz CT molecular complexity index is 1830. The van der Waals surface area contributed by atoms with Crippen LogP contribution < -0.4 is 24.3 Å². The zero-order chi connectivity index (χ0) is 31.8. The van der Waals surface area contributed by atoms with Crippen LogP contribution in [-0.4, -0.2) is 50.1 Å². The second-order valence-electron chi connectivity index (χ2n) is 9.54. The number of carbonyl (C=O) groups excluding carboxylic acids is 1. The highest BCUT2D eigenvalue weighted by atomic mass is 32.2. The summed E-state index contributed by atoms with van der Waals surface area (Å²) >= 11 is 2.70. The number of anilines is 1. The number of nitrogens with one attached hydrogen (secondary N) is 1. The van der Waals surface area contributed by atoms with Crippen molar-refractivity contribution in [3.8, 4) is 62.7 Å². The summed E-state index contributed by atoms with van der Waals surface area (Å²) < 4.78 is 21.9. The number of methoxy groups -OCH3 is 4. The number of hydrogen-bond donors (Lipinski definition) is 1. The van der Waals surface area contributed by atoms with Crippen molar-refractivity contribution in [2.75, 3.05) is 39.5 Å². The van der Waals surface area contributed by atoms with Crippen molar-refractivity contribution in [2.45, 2.75) is 11.4 Å². The Labute approximate surface area is 269 Å². The molecule has 0 fully saturated rings. The third-order valence-corrected chi connectivity index (χ3v) is 8.56. The number of thioether (sulfide) groups is 1. The topological polar surface area (TPSA) is 116 Å². The van der Waals surface area contributed by atoms with Crippen molar-refractivity contribution >= 4 is 34.1 Å². The van der Waals surface area contributed by atoms with Gasteiger partial charge < -0.3 is 24.3 Å². The van der Waals surface area contributed by atoms with Crippen LogP contribution in [0.5, 0.6) is 23.0 Å². The number of benzene rings is 3. The van der Waals surface area contributed by atoms with E-state index in [1.54, 1.807) is 28.4 Å². The number of pyridine rings is 1. The van der Waals surface area contributed by atoms with E-state index in [0.717, 1.165) is 22.6 Å². The van der Waals surface area contributed by atoms with E-state index in [2.05, 4.69) is 16.4 Å². The molecular formula is C34H30N4O5S2. The Balaban J connectivity index is 1.39. The molecule has 0 aliphatic carbocycles. The van der Waals surface area contributed by atoms with Gasteiger partial charge in [0.2, 0.25) is 11.7 Å². The molecule has 5 rings (SSSR count). The first-order chi connectivity index (χ1) is 22.0. The van der Waals surface area contributed by atoms with E-state index < -0.39 is 0 Å². The van der Waals surface area contributed by atoms with Gasteiger partial charge in [0, 0.05) is 34.2 Å². The third-order valence-electron chi connectivity index (χ3n) is 6.83. The van der Waals surface area contributed by atoms with Crippen molar-refractivity contribution in [1.82, 2.24) is 9.97 Å². The van der Waals surface area contributed by atoms with Gasteiger partial charge in [-0.15, -0.1) is 23.1 Å². The molecule has 0 saturated carbocycles. The number of nitriles is 1. The Morgan fingerprint density at radius 2 is 1.58 bits per heavy atom. The van der Waals surface area contributed by atoms with Gasteiger partial charge in [0.15, 0.2) is 16.6 Å². The number of hydrogen-bond acceptors (Lipinski definition) is 10. The highest BCUT2D eigenvalue weighted by molar-refractivity contribution is 7.99. The van der Waals surface area contributed by atoms with Crippen LogP contribution in [0.2, 0.25) is 0 Å². The first kappa shape index (κ1) is 31.4. The molecule has 0 unspecified atom stereocenters. The van der Waals surface area contributed by atoms with Gasteiger partial charge in [-0.25, -0.2) is 9.97 Å². The molecule has 2 aromatic heterocycles. The van der Waals surface area contributed by atoms with E-state index in [-0.39, 0.29) is 12.3 Å². The minimum Gasteiger partial charge on any atom is -0.497 e. The molecule has 0 aliphatic rings. The van der Waals surface area contributed by atoms with Crippen molar-refractivity contribution < 1.29 is 23.7 Å². The van der Waals surface area contributed by atoms with Gasteiger partial charge in [-0.05, 0) is 35.9 Å². The molecule has 2 heterocycles. The van der Waals surface area contributed by atoms with Gasteiger partial charge >= 0.3 is 0 Å². The lowest BCUT2D eigenvalue weighted by atomic mass is 9.98. The fourth-order valence-electron chi connectivity index (χ4n) is 4.62. The normalized spacial score (nSPS) is 10.6. The highest BCUT2D eigenvalue weighted by Crippen LogP contribution is 2.43. The maximum absolute atomic E-state index is 12.9. The Hall–Kier alpha value is -5.05. The van der Waals surface area contributed by atoms with Crippen LogP contribution in [0, 0.1) is 11.3 Å².